The molecule has 0 heterocycles. The molecular weight excluding hydrogens is 545 g/mol. The van der Waals surface area contributed by atoms with Crippen LogP contribution in [0.4, 0.5) is 74.6 Å². The molecule has 19 heteroatoms. The fourth-order valence-electron chi connectivity index (χ4n) is 2.51. The van der Waals surface area contributed by atoms with Gasteiger partial charge in [-0.2, -0.15) is 74.6 Å². The van der Waals surface area contributed by atoms with E-state index in [-0.39, 0.29) is 12.6 Å². The van der Waals surface area contributed by atoms with Crippen LogP contribution in [0.2, 0.25) is 12.1 Å². The minimum Gasteiger partial charge on any atom is -0.339 e. The molecule has 0 aromatic rings. The van der Waals surface area contributed by atoms with Gasteiger partial charge in [0.2, 0.25) is 0 Å². The summed E-state index contributed by atoms with van der Waals surface area (Å²) in [6.07, 6.45) is -9.69. The topological polar surface area (TPSA) is 12.0 Å². The Labute approximate surface area is 182 Å². The number of halogens is 17. The lowest BCUT2D eigenvalue weighted by atomic mass is 9.88. The van der Waals surface area contributed by atoms with E-state index in [1.54, 1.807) is 6.92 Å². The standard InChI is InChI=1S/C15H18F17NSi/c1-3-6-33-34(4-2)7-5-8(16,17)9(18,19)10(20,21)11(22,23)12(24,25)13(26,27)14(28,29)15(30,31)32/h33-34H,3-7H2,1-2H3. The second-order valence-corrected chi connectivity index (χ2v) is 10.4. The zero-order valence-electron chi connectivity index (χ0n) is 17.0. The highest BCUT2D eigenvalue weighted by Crippen LogP contribution is 2.64. The Bertz CT molecular complexity index is 672. The zero-order chi connectivity index (χ0) is 27.8. The first-order valence-corrected chi connectivity index (χ1v) is 11.4. The fourth-order valence-corrected chi connectivity index (χ4v) is 4.82. The molecule has 0 saturated heterocycles. The average molecular weight is 563 g/mol. The summed E-state index contributed by atoms with van der Waals surface area (Å²) in [7, 11) is -2.59. The first kappa shape index (κ1) is 33.0. The minimum atomic E-state index is -8.58. The van der Waals surface area contributed by atoms with Crippen molar-refractivity contribution in [1.29, 1.82) is 0 Å². The van der Waals surface area contributed by atoms with Crippen LogP contribution in [0, 0.1) is 0 Å². The van der Waals surface area contributed by atoms with E-state index in [9.17, 15) is 74.6 Å². The summed E-state index contributed by atoms with van der Waals surface area (Å²) >= 11 is 0. The van der Waals surface area contributed by atoms with Crippen molar-refractivity contribution in [3.63, 3.8) is 0 Å². The molecule has 0 bridgehead atoms. The van der Waals surface area contributed by atoms with Crippen molar-refractivity contribution in [1.82, 2.24) is 4.98 Å². The Morgan fingerprint density at radius 2 is 0.882 bits per heavy atom. The van der Waals surface area contributed by atoms with E-state index in [4.69, 9.17) is 0 Å². The molecule has 0 spiro atoms. The van der Waals surface area contributed by atoms with Gasteiger partial charge in [0.05, 0.1) is 0 Å². The molecular formula is C15H18F17NSi. The van der Waals surface area contributed by atoms with Crippen molar-refractivity contribution in [2.75, 3.05) is 6.54 Å². The number of hydrogen-bond donors (Lipinski definition) is 1. The maximum Gasteiger partial charge on any atom is 0.460 e. The Morgan fingerprint density at radius 3 is 1.21 bits per heavy atom. The molecule has 1 atom stereocenters. The molecule has 0 aliphatic rings. The van der Waals surface area contributed by atoms with Crippen LogP contribution >= 0.6 is 0 Å². The van der Waals surface area contributed by atoms with E-state index >= 15 is 0 Å². The lowest BCUT2D eigenvalue weighted by Gasteiger charge is -2.43. The molecule has 1 nitrogen and oxygen atoms in total. The molecule has 0 aromatic carbocycles. The van der Waals surface area contributed by atoms with Crippen molar-refractivity contribution in [3.05, 3.63) is 0 Å². The van der Waals surface area contributed by atoms with Crippen molar-refractivity contribution in [3.8, 4) is 0 Å². The van der Waals surface area contributed by atoms with Gasteiger partial charge in [-0.25, -0.2) is 0 Å². The summed E-state index contributed by atoms with van der Waals surface area (Å²) < 4.78 is 224. The molecule has 206 valence electrons. The quantitative estimate of drug-likeness (QED) is 0.186. The van der Waals surface area contributed by atoms with Crippen molar-refractivity contribution < 1.29 is 74.6 Å². The Hall–Kier alpha value is -1.01. The minimum absolute atomic E-state index is 0.0328. The summed E-state index contributed by atoms with van der Waals surface area (Å²) in [5.74, 6) is -55.8. The van der Waals surface area contributed by atoms with Gasteiger partial charge >= 0.3 is 47.6 Å². The zero-order valence-corrected chi connectivity index (χ0v) is 18.2. The highest BCUT2D eigenvalue weighted by atomic mass is 28.3. The molecule has 0 aliphatic heterocycles. The van der Waals surface area contributed by atoms with Crippen LogP contribution in [0.5, 0.6) is 0 Å². The lowest BCUT2D eigenvalue weighted by molar-refractivity contribution is -0.461. The highest BCUT2D eigenvalue weighted by molar-refractivity contribution is 6.55. The van der Waals surface area contributed by atoms with Gasteiger partial charge in [0.1, 0.15) is 8.96 Å². The van der Waals surface area contributed by atoms with Crippen molar-refractivity contribution in [2.24, 2.45) is 0 Å². The molecule has 0 amide bonds. The Morgan fingerprint density at radius 1 is 0.529 bits per heavy atom. The van der Waals surface area contributed by atoms with Crippen LogP contribution < -0.4 is 4.98 Å². The molecule has 0 saturated carbocycles. The molecule has 0 aliphatic carbocycles. The number of alkyl halides is 17. The van der Waals surface area contributed by atoms with Gasteiger partial charge in [-0.05, 0) is 25.1 Å². The van der Waals surface area contributed by atoms with Gasteiger partial charge in [0.15, 0.2) is 0 Å². The molecule has 1 N–H and O–H groups in total. The van der Waals surface area contributed by atoms with Crippen LogP contribution in [0.25, 0.3) is 0 Å². The van der Waals surface area contributed by atoms with E-state index in [0.29, 0.717) is 6.42 Å². The molecule has 0 aromatic heterocycles. The van der Waals surface area contributed by atoms with Crippen molar-refractivity contribution >= 4 is 8.96 Å². The largest absolute Gasteiger partial charge is 0.460 e. The van der Waals surface area contributed by atoms with Crippen LogP contribution in [0.1, 0.15) is 26.7 Å². The van der Waals surface area contributed by atoms with E-state index in [1.165, 1.54) is 6.92 Å². The van der Waals surface area contributed by atoms with E-state index < -0.39 is 69.1 Å². The molecule has 0 fully saturated rings. The fraction of sp³-hybridized carbons (Fsp3) is 1.00. The van der Waals surface area contributed by atoms with Crippen molar-refractivity contribution in [2.45, 2.75) is 86.4 Å². The van der Waals surface area contributed by atoms with Crippen LogP contribution in [-0.4, -0.2) is 63.1 Å². The normalized spacial score (nSPS) is 16.7. The summed E-state index contributed by atoms with van der Waals surface area (Å²) in [5.41, 5.74) is 0. The Kier molecular flexibility index (Phi) is 9.51. The average Bonchev–Trinajstić information content (AvgIpc) is 2.66. The number of nitrogens with one attached hydrogen (secondary N) is 1. The first-order chi connectivity index (χ1) is 14.7. The number of rotatable bonds is 13. The van der Waals surface area contributed by atoms with Gasteiger partial charge in [-0.3, -0.25) is 0 Å². The molecule has 0 radical (unpaired) electrons. The van der Waals surface area contributed by atoms with Gasteiger partial charge in [0.25, 0.3) is 0 Å². The second-order valence-electron chi connectivity index (χ2n) is 7.25. The van der Waals surface area contributed by atoms with Gasteiger partial charge < -0.3 is 4.98 Å². The summed E-state index contributed by atoms with van der Waals surface area (Å²) in [6, 6.07) is -0.982. The number of hydrogen-bond acceptors (Lipinski definition) is 1. The molecule has 0 rings (SSSR count). The summed E-state index contributed by atoms with van der Waals surface area (Å²) in [6.45, 7) is 3.08. The van der Waals surface area contributed by atoms with Gasteiger partial charge in [-0.15, -0.1) is 0 Å². The highest BCUT2D eigenvalue weighted by Gasteiger charge is 2.95. The van der Waals surface area contributed by atoms with Crippen LogP contribution in [0.3, 0.4) is 0 Å². The van der Waals surface area contributed by atoms with Gasteiger partial charge in [0, 0.05) is 6.42 Å². The predicted molar refractivity (Wildman–Crippen MR) is 86.0 cm³/mol. The van der Waals surface area contributed by atoms with E-state index in [1.807, 2.05) is 0 Å². The third-order valence-electron chi connectivity index (χ3n) is 4.77. The Balaban J connectivity index is 6.34. The van der Waals surface area contributed by atoms with E-state index in [2.05, 4.69) is 4.98 Å². The van der Waals surface area contributed by atoms with E-state index in [0.717, 1.165) is 0 Å². The third-order valence-corrected chi connectivity index (χ3v) is 7.61. The van der Waals surface area contributed by atoms with Crippen LogP contribution in [0.15, 0.2) is 0 Å². The molecule has 1 unspecified atom stereocenters. The maximum atomic E-state index is 13.8. The van der Waals surface area contributed by atoms with Gasteiger partial charge in [-0.1, -0.05) is 13.8 Å². The summed E-state index contributed by atoms with van der Waals surface area (Å²) in [4.78, 5) is 2.60. The molecule has 34 heavy (non-hydrogen) atoms. The predicted octanol–water partition coefficient (Wildman–Crippen LogP) is 7.13. The summed E-state index contributed by atoms with van der Waals surface area (Å²) in [5, 5.41) is 0. The third kappa shape index (κ3) is 5.09. The SMILES string of the molecule is CCCN[SiH](CC)CCC(F)(F)C(F)(F)C(F)(F)C(F)(F)C(F)(F)C(F)(F)C(F)(F)C(F)(F)F. The van der Waals surface area contributed by atoms with Crippen LogP contribution in [-0.2, 0) is 0 Å². The maximum absolute atomic E-state index is 13.8. The first-order valence-electron chi connectivity index (χ1n) is 9.19. The second kappa shape index (κ2) is 9.80. The lowest BCUT2D eigenvalue weighted by Crippen LogP contribution is -2.74. The smallest absolute Gasteiger partial charge is 0.339 e. The monoisotopic (exact) mass is 563 g/mol.